The maximum atomic E-state index is 13.0. The molecule has 37 heavy (non-hydrogen) atoms. The number of morpholine rings is 1. The molecule has 2 aromatic carbocycles. The van der Waals surface area contributed by atoms with Crippen molar-refractivity contribution in [3.8, 4) is 23.4 Å². The van der Waals surface area contributed by atoms with Crippen LogP contribution in [-0.2, 0) is 24.1 Å². The van der Waals surface area contributed by atoms with Crippen LogP contribution in [0.3, 0.4) is 0 Å². The maximum Gasteiger partial charge on any atom is 0.416 e. The Hall–Kier alpha value is -4.04. The molecule has 3 aromatic rings. The van der Waals surface area contributed by atoms with Gasteiger partial charge in [-0.2, -0.15) is 23.4 Å². The van der Waals surface area contributed by atoms with Crippen LogP contribution in [0.15, 0.2) is 53.3 Å². The molecule has 0 N–H and O–H groups in total. The van der Waals surface area contributed by atoms with Crippen LogP contribution >= 0.6 is 0 Å². The number of nitriles is 1. The second-order valence-corrected chi connectivity index (χ2v) is 9.47. The van der Waals surface area contributed by atoms with Gasteiger partial charge >= 0.3 is 11.9 Å². The smallest absolute Gasteiger partial charge is 0.416 e. The van der Waals surface area contributed by atoms with E-state index in [1.807, 2.05) is 6.07 Å². The summed E-state index contributed by atoms with van der Waals surface area (Å²) in [5, 5.41) is 9.57. The molecule has 0 amide bonds. The number of rotatable bonds is 5. The van der Waals surface area contributed by atoms with E-state index in [-0.39, 0.29) is 46.9 Å². The zero-order valence-electron chi connectivity index (χ0n) is 19.5. The number of hydrogen-bond acceptors (Lipinski definition) is 7. The molecule has 2 bridgehead atoms. The maximum absolute atomic E-state index is 13.0. The summed E-state index contributed by atoms with van der Waals surface area (Å²) in [6.45, 7) is 1.98. The average molecular weight is 510 g/mol. The number of anilines is 1. The summed E-state index contributed by atoms with van der Waals surface area (Å²) in [4.78, 5) is 19.0. The Kier molecular flexibility index (Phi) is 5.38. The van der Waals surface area contributed by atoms with E-state index in [4.69, 9.17) is 14.2 Å². The zero-order valence-corrected chi connectivity index (χ0v) is 19.5. The van der Waals surface area contributed by atoms with Gasteiger partial charge in [0.2, 0.25) is 5.88 Å². The lowest BCUT2D eigenvalue weighted by Crippen LogP contribution is -2.54. The molecule has 0 unspecified atom stereocenters. The van der Waals surface area contributed by atoms with Gasteiger partial charge in [0.05, 0.1) is 29.4 Å². The third-order valence-corrected chi connectivity index (χ3v) is 7.14. The van der Waals surface area contributed by atoms with Crippen LogP contribution in [0.5, 0.6) is 17.4 Å². The molecule has 190 valence electrons. The van der Waals surface area contributed by atoms with Gasteiger partial charge in [-0.1, -0.05) is 12.1 Å². The molecule has 0 saturated carbocycles. The average Bonchev–Trinajstić information content (AvgIpc) is 3.46. The Bertz CT molecular complexity index is 1480. The summed E-state index contributed by atoms with van der Waals surface area (Å²) in [5.74, 6) is 1.04. The highest BCUT2D eigenvalue weighted by atomic mass is 19.4. The van der Waals surface area contributed by atoms with Crippen LogP contribution in [0, 0.1) is 11.3 Å². The van der Waals surface area contributed by atoms with Crippen molar-refractivity contribution in [2.45, 2.75) is 43.8 Å². The number of aromatic nitrogens is 2. The lowest BCUT2D eigenvalue weighted by Gasteiger charge is -2.44. The molecule has 2 atom stereocenters. The van der Waals surface area contributed by atoms with E-state index in [9.17, 15) is 23.2 Å². The van der Waals surface area contributed by atoms with Gasteiger partial charge in [-0.15, -0.1) is 0 Å². The van der Waals surface area contributed by atoms with E-state index in [2.05, 4.69) is 9.88 Å². The van der Waals surface area contributed by atoms with E-state index in [0.717, 1.165) is 37.3 Å². The van der Waals surface area contributed by atoms with Gasteiger partial charge in [0.15, 0.2) is 0 Å². The highest BCUT2D eigenvalue weighted by Gasteiger charge is 2.54. The third-order valence-electron chi connectivity index (χ3n) is 7.14. The summed E-state index contributed by atoms with van der Waals surface area (Å²) >= 11 is 0. The summed E-state index contributed by atoms with van der Waals surface area (Å²) < 4.78 is 57.8. The molecular weight excluding hydrogens is 489 g/mol. The fraction of sp³-hybridized carbons (Fsp3) is 0.346. The fourth-order valence-electron chi connectivity index (χ4n) is 5.33. The van der Waals surface area contributed by atoms with E-state index < -0.39 is 11.7 Å². The van der Waals surface area contributed by atoms with E-state index in [1.165, 1.54) is 24.3 Å². The number of ether oxygens (including phenoxy) is 3. The molecule has 0 aliphatic carbocycles. The quantitative estimate of drug-likeness (QED) is 0.507. The first-order valence-electron chi connectivity index (χ1n) is 11.8. The van der Waals surface area contributed by atoms with Gasteiger partial charge in [-0.05, 0) is 42.3 Å². The van der Waals surface area contributed by atoms with Crippen LogP contribution in [0.25, 0.3) is 0 Å². The highest BCUT2D eigenvalue weighted by Crippen LogP contribution is 2.46. The Balaban J connectivity index is 1.19. The third kappa shape index (κ3) is 4.17. The molecule has 2 fully saturated rings. The minimum atomic E-state index is -4.51. The van der Waals surface area contributed by atoms with Crippen molar-refractivity contribution in [1.82, 2.24) is 9.55 Å². The van der Waals surface area contributed by atoms with Crippen LogP contribution in [0.2, 0.25) is 0 Å². The predicted octanol–water partition coefficient (Wildman–Crippen LogP) is 4.26. The number of halogens is 3. The zero-order chi connectivity index (χ0) is 25.8. The molecule has 11 heteroatoms. The minimum absolute atomic E-state index is 0.0330. The number of nitrogens with zero attached hydrogens (tertiary/aromatic N) is 4. The van der Waals surface area contributed by atoms with Crippen LogP contribution in [-0.4, -0.2) is 34.3 Å². The number of hydrogen-bond donors (Lipinski definition) is 0. The summed E-state index contributed by atoms with van der Waals surface area (Å²) in [6, 6.07) is 12.9. The summed E-state index contributed by atoms with van der Waals surface area (Å²) in [7, 11) is 0. The van der Waals surface area contributed by atoms with Crippen molar-refractivity contribution in [2.75, 3.05) is 18.1 Å². The van der Waals surface area contributed by atoms with Gasteiger partial charge < -0.3 is 19.1 Å². The number of alkyl halides is 3. The normalized spacial score (nSPS) is 21.8. The monoisotopic (exact) mass is 510 g/mol. The molecular formula is C26H21F3N4O4. The predicted molar refractivity (Wildman–Crippen MR) is 125 cm³/mol. The standard InChI is InChI=1S/C26H21F3N4O4/c27-26(28,29)18-2-1-3-19(9-18)37-21-5-4-16(8-17(21)12-30)14-35-22-10-23-32(24(34)31-22)7-6-25-11-20(36-15-25)13-33(23)25/h1-5,8-10,20H,6-7,11,13-15H2/t20-,25-/m0/s1. The number of benzene rings is 2. The highest BCUT2D eigenvalue weighted by molar-refractivity contribution is 5.51. The van der Waals surface area contributed by atoms with Crippen LogP contribution < -0.4 is 20.1 Å². The second kappa shape index (κ2) is 8.52. The molecule has 8 nitrogen and oxygen atoms in total. The first-order valence-corrected chi connectivity index (χ1v) is 11.8. The van der Waals surface area contributed by atoms with Crippen molar-refractivity contribution in [2.24, 2.45) is 0 Å². The van der Waals surface area contributed by atoms with E-state index >= 15 is 0 Å². The van der Waals surface area contributed by atoms with Gasteiger partial charge in [-0.25, -0.2) is 4.79 Å². The Morgan fingerprint density at radius 1 is 1.22 bits per heavy atom. The Labute approximate surface area is 209 Å². The van der Waals surface area contributed by atoms with E-state index in [0.29, 0.717) is 18.7 Å². The topological polar surface area (TPSA) is 89.6 Å². The van der Waals surface area contributed by atoms with Gasteiger partial charge in [0, 0.05) is 25.6 Å². The fourth-order valence-corrected chi connectivity index (χ4v) is 5.33. The SMILES string of the molecule is N#Cc1cc(COc2cc3n(c(=O)n2)CC[C@]24CO[C@H](CN32)C4)ccc1Oc1cccc(C(F)(F)F)c1. The molecule has 1 spiro atoms. The van der Waals surface area contributed by atoms with Gasteiger partial charge in [0.25, 0.3) is 0 Å². The lowest BCUT2D eigenvalue weighted by molar-refractivity contribution is -0.137. The van der Waals surface area contributed by atoms with Crippen molar-refractivity contribution in [3.63, 3.8) is 0 Å². The largest absolute Gasteiger partial charge is 0.473 e. The van der Waals surface area contributed by atoms with Gasteiger partial charge in [0.1, 0.15) is 30.0 Å². The molecule has 3 aliphatic rings. The van der Waals surface area contributed by atoms with Crippen molar-refractivity contribution >= 4 is 5.82 Å². The molecule has 0 radical (unpaired) electrons. The van der Waals surface area contributed by atoms with Crippen LogP contribution in [0.4, 0.5) is 19.0 Å². The number of fused-ring (bicyclic) bond motifs is 3. The first kappa shape index (κ1) is 23.4. The van der Waals surface area contributed by atoms with Crippen molar-refractivity contribution < 1.29 is 27.4 Å². The van der Waals surface area contributed by atoms with Crippen LogP contribution in [0.1, 0.15) is 29.5 Å². The first-order chi connectivity index (χ1) is 17.7. The molecule has 3 aliphatic heterocycles. The lowest BCUT2D eigenvalue weighted by atomic mass is 9.92. The Morgan fingerprint density at radius 2 is 2.08 bits per heavy atom. The molecule has 2 saturated heterocycles. The van der Waals surface area contributed by atoms with Crippen molar-refractivity contribution in [1.29, 1.82) is 5.26 Å². The molecule has 4 heterocycles. The second-order valence-electron chi connectivity index (χ2n) is 9.47. The van der Waals surface area contributed by atoms with E-state index in [1.54, 1.807) is 16.7 Å². The summed E-state index contributed by atoms with van der Waals surface area (Å²) in [6.07, 6.45) is -2.55. The molecule has 6 rings (SSSR count). The Morgan fingerprint density at radius 3 is 2.86 bits per heavy atom. The van der Waals surface area contributed by atoms with Gasteiger partial charge in [-0.3, -0.25) is 4.57 Å². The minimum Gasteiger partial charge on any atom is -0.473 e. The summed E-state index contributed by atoms with van der Waals surface area (Å²) in [5.41, 5.74) is -0.562. The van der Waals surface area contributed by atoms with Crippen molar-refractivity contribution in [3.05, 3.63) is 75.7 Å². The molecule has 1 aromatic heterocycles.